The first-order valence-electron chi connectivity index (χ1n) is 4.13. The number of hydrogen-bond donors (Lipinski definition) is 0. The van der Waals surface area contributed by atoms with Crippen LogP contribution >= 0.6 is 0 Å². The van der Waals surface area contributed by atoms with Crippen molar-refractivity contribution in [3.63, 3.8) is 0 Å². The number of hydrogen-bond acceptors (Lipinski definition) is 3. The molecule has 0 spiro atoms. The van der Waals surface area contributed by atoms with Gasteiger partial charge >= 0.3 is 0 Å². The second-order valence-corrected chi connectivity index (χ2v) is 2.96. The van der Waals surface area contributed by atoms with Gasteiger partial charge in [-0.05, 0) is 19.9 Å². The summed E-state index contributed by atoms with van der Waals surface area (Å²) in [4.78, 5) is 15.1. The summed E-state index contributed by atoms with van der Waals surface area (Å²) >= 11 is 0. The Kier molecular flexibility index (Phi) is 3.01. The molecular weight excluding hydrogens is 166 g/mol. The first-order valence-corrected chi connectivity index (χ1v) is 4.13. The van der Waals surface area contributed by atoms with E-state index in [2.05, 4.69) is 4.98 Å². The van der Waals surface area contributed by atoms with Crippen LogP contribution in [0.3, 0.4) is 0 Å². The van der Waals surface area contributed by atoms with Crippen LogP contribution in [0.2, 0.25) is 0 Å². The Hall–Kier alpha value is -1.38. The SMILES string of the molecule is COc1ccnc(C)c1CC(C)=O. The summed E-state index contributed by atoms with van der Waals surface area (Å²) in [5.74, 6) is 0.858. The Morgan fingerprint density at radius 2 is 2.31 bits per heavy atom. The zero-order valence-electron chi connectivity index (χ0n) is 8.13. The van der Waals surface area contributed by atoms with Crippen LogP contribution in [0.15, 0.2) is 12.3 Å². The van der Waals surface area contributed by atoms with Crippen molar-refractivity contribution in [1.29, 1.82) is 0 Å². The van der Waals surface area contributed by atoms with E-state index in [1.165, 1.54) is 0 Å². The molecule has 0 N–H and O–H groups in total. The molecule has 0 radical (unpaired) electrons. The second kappa shape index (κ2) is 4.03. The third-order valence-corrected chi connectivity index (χ3v) is 1.87. The molecule has 0 bridgehead atoms. The van der Waals surface area contributed by atoms with Gasteiger partial charge in [0.25, 0.3) is 0 Å². The largest absolute Gasteiger partial charge is 0.496 e. The highest BCUT2D eigenvalue weighted by atomic mass is 16.5. The molecule has 0 saturated carbocycles. The van der Waals surface area contributed by atoms with E-state index < -0.39 is 0 Å². The number of methoxy groups -OCH3 is 1. The molecule has 0 aromatic carbocycles. The lowest BCUT2D eigenvalue weighted by molar-refractivity contribution is -0.116. The van der Waals surface area contributed by atoms with Crippen LogP contribution < -0.4 is 4.74 Å². The van der Waals surface area contributed by atoms with Crippen LogP contribution in [0.1, 0.15) is 18.2 Å². The molecule has 3 nitrogen and oxygen atoms in total. The van der Waals surface area contributed by atoms with Gasteiger partial charge in [-0.15, -0.1) is 0 Å². The summed E-state index contributed by atoms with van der Waals surface area (Å²) in [5, 5.41) is 0. The second-order valence-electron chi connectivity index (χ2n) is 2.96. The van der Waals surface area contributed by atoms with Gasteiger partial charge in [0.05, 0.1) is 7.11 Å². The molecule has 0 unspecified atom stereocenters. The summed E-state index contributed by atoms with van der Waals surface area (Å²) in [6, 6.07) is 1.77. The lowest BCUT2D eigenvalue weighted by Crippen LogP contribution is -2.03. The Bertz CT molecular complexity index is 321. The fraction of sp³-hybridized carbons (Fsp3) is 0.400. The van der Waals surface area contributed by atoms with Crippen LogP contribution in [0.5, 0.6) is 5.75 Å². The molecule has 3 heteroatoms. The van der Waals surface area contributed by atoms with Crippen LogP contribution in [0, 0.1) is 6.92 Å². The van der Waals surface area contributed by atoms with Crippen molar-refractivity contribution in [1.82, 2.24) is 4.98 Å². The molecular formula is C10H13NO2. The van der Waals surface area contributed by atoms with Crippen molar-refractivity contribution in [2.75, 3.05) is 7.11 Å². The smallest absolute Gasteiger partial charge is 0.134 e. The molecule has 0 aliphatic rings. The Morgan fingerprint density at radius 3 is 2.85 bits per heavy atom. The highest BCUT2D eigenvalue weighted by Crippen LogP contribution is 2.20. The number of ether oxygens (including phenoxy) is 1. The van der Waals surface area contributed by atoms with E-state index in [-0.39, 0.29) is 5.78 Å². The normalized spacial score (nSPS) is 9.77. The minimum absolute atomic E-state index is 0.120. The minimum atomic E-state index is 0.120. The fourth-order valence-electron chi connectivity index (χ4n) is 1.23. The number of rotatable bonds is 3. The lowest BCUT2D eigenvalue weighted by atomic mass is 10.1. The molecule has 1 heterocycles. The van der Waals surface area contributed by atoms with Gasteiger partial charge in [0.1, 0.15) is 11.5 Å². The summed E-state index contributed by atoms with van der Waals surface area (Å²) in [6.45, 7) is 3.44. The van der Waals surface area contributed by atoms with Gasteiger partial charge in [-0.2, -0.15) is 0 Å². The van der Waals surface area contributed by atoms with Gasteiger partial charge in [-0.3, -0.25) is 9.78 Å². The molecule has 1 rings (SSSR count). The molecule has 0 atom stereocenters. The van der Waals surface area contributed by atoms with Crippen molar-refractivity contribution in [2.24, 2.45) is 0 Å². The van der Waals surface area contributed by atoms with Gasteiger partial charge in [0.15, 0.2) is 0 Å². The number of aryl methyl sites for hydroxylation is 1. The average Bonchev–Trinajstić information content (AvgIpc) is 2.08. The maximum Gasteiger partial charge on any atom is 0.134 e. The molecule has 0 amide bonds. The zero-order chi connectivity index (χ0) is 9.84. The Morgan fingerprint density at radius 1 is 1.62 bits per heavy atom. The number of nitrogens with zero attached hydrogens (tertiary/aromatic N) is 1. The van der Waals surface area contributed by atoms with Crippen LogP contribution in [-0.2, 0) is 11.2 Å². The highest BCUT2D eigenvalue weighted by Gasteiger charge is 2.08. The third kappa shape index (κ3) is 2.28. The van der Waals surface area contributed by atoms with Crippen molar-refractivity contribution in [2.45, 2.75) is 20.3 Å². The topological polar surface area (TPSA) is 39.2 Å². The van der Waals surface area contributed by atoms with Crippen molar-refractivity contribution >= 4 is 5.78 Å². The van der Waals surface area contributed by atoms with E-state index in [1.807, 2.05) is 6.92 Å². The number of ketones is 1. The van der Waals surface area contributed by atoms with Gasteiger partial charge in [-0.25, -0.2) is 0 Å². The highest BCUT2D eigenvalue weighted by molar-refractivity contribution is 5.79. The predicted molar refractivity (Wildman–Crippen MR) is 49.9 cm³/mol. The Balaban J connectivity index is 3.07. The van der Waals surface area contributed by atoms with Crippen molar-refractivity contribution in [3.8, 4) is 5.75 Å². The number of pyridine rings is 1. The maximum absolute atomic E-state index is 11.0. The molecule has 0 aliphatic carbocycles. The Labute approximate surface area is 77.8 Å². The summed E-state index contributed by atoms with van der Waals surface area (Å²) < 4.78 is 5.13. The van der Waals surface area contributed by atoms with Crippen LogP contribution in [0.4, 0.5) is 0 Å². The predicted octanol–water partition coefficient (Wildman–Crippen LogP) is 1.53. The monoisotopic (exact) mass is 179 g/mol. The fourth-order valence-corrected chi connectivity index (χ4v) is 1.23. The van der Waals surface area contributed by atoms with E-state index in [9.17, 15) is 4.79 Å². The van der Waals surface area contributed by atoms with Crippen LogP contribution in [0.25, 0.3) is 0 Å². The first-order chi connectivity index (χ1) is 6.15. The van der Waals surface area contributed by atoms with E-state index in [0.29, 0.717) is 6.42 Å². The standard InChI is InChI=1S/C10H13NO2/c1-7(12)6-9-8(2)11-5-4-10(9)13-3/h4-5H,6H2,1-3H3. The first kappa shape index (κ1) is 9.71. The summed E-state index contributed by atoms with van der Waals surface area (Å²) in [5.41, 5.74) is 1.74. The van der Waals surface area contributed by atoms with E-state index in [1.54, 1.807) is 26.3 Å². The number of aromatic nitrogens is 1. The molecule has 1 aromatic heterocycles. The molecule has 70 valence electrons. The average molecular weight is 179 g/mol. The van der Waals surface area contributed by atoms with Crippen molar-refractivity contribution in [3.05, 3.63) is 23.5 Å². The maximum atomic E-state index is 11.0. The molecule has 0 fully saturated rings. The minimum Gasteiger partial charge on any atom is -0.496 e. The van der Waals surface area contributed by atoms with E-state index >= 15 is 0 Å². The number of carbonyl (C=O) groups excluding carboxylic acids is 1. The molecule has 0 saturated heterocycles. The third-order valence-electron chi connectivity index (χ3n) is 1.87. The number of carbonyl (C=O) groups is 1. The van der Waals surface area contributed by atoms with Gasteiger partial charge in [-0.1, -0.05) is 0 Å². The summed E-state index contributed by atoms with van der Waals surface area (Å²) in [6.07, 6.45) is 2.07. The van der Waals surface area contributed by atoms with E-state index in [4.69, 9.17) is 4.74 Å². The van der Waals surface area contributed by atoms with Gasteiger partial charge < -0.3 is 4.74 Å². The van der Waals surface area contributed by atoms with E-state index in [0.717, 1.165) is 17.0 Å². The van der Waals surface area contributed by atoms with Gasteiger partial charge in [0.2, 0.25) is 0 Å². The quantitative estimate of drug-likeness (QED) is 0.706. The molecule has 13 heavy (non-hydrogen) atoms. The number of Topliss-reactive ketones (excluding diaryl/α,β-unsaturated/α-hetero) is 1. The summed E-state index contributed by atoms with van der Waals surface area (Å²) in [7, 11) is 1.60. The van der Waals surface area contributed by atoms with Gasteiger partial charge in [0, 0.05) is 23.9 Å². The van der Waals surface area contributed by atoms with Crippen molar-refractivity contribution < 1.29 is 9.53 Å². The molecule has 0 aliphatic heterocycles. The zero-order valence-corrected chi connectivity index (χ0v) is 8.13. The lowest BCUT2D eigenvalue weighted by Gasteiger charge is -2.08. The van der Waals surface area contributed by atoms with Crippen LogP contribution in [-0.4, -0.2) is 17.9 Å². The molecule has 1 aromatic rings.